The van der Waals surface area contributed by atoms with E-state index in [0.717, 1.165) is 0 Å². The van der Waals surface area contributed by atoms with Crippen LogP contribution < -0.4 is 5.32 Å². The highest BCUT2D eigenvalue weighted by atomic mass is 79.9. The molecule has 0 aromatic carbocycles. The fourth-order valence-corrected chi connectivity index (χ4v) is 1.38. The van der Waals surface area contributed by atoms with Crippen LogP contribution in [-0.4, -0.2) is 23.4 Å². The number of carbonyl (C=O) groups is 1. The Bertz CT molecular complexity index is 382. The van der Waals surface area contributed by atoms with E-state index in [1.807, 2.05) is 0 Å². The number of hydrogen-bond donors (Lipinski definition) is 1. The van der Waals surface area contributed by atoms with Crippen molar-refractivity contribution in [3.8, 4) is 0 Å². The summed E-state index contributed by atoms with van der Waals surface area (Å²) in [6, 6.07) is 3.19. The van der Waals surface area contributed by atoms with Crippen LogP contribution >= 0.6 is 15.9 Å². The zero-order chi connectivity index (χ0) is 12.9. The second kappa shape index (κ2) is 6.05. The number of hydrogen-bond acceptors (Lipinski definition) is 2. The number of aromatic nitrogens is 1. The van der Waals surface area contributed by atoms with Crippen molar-refractivity contribution in [2.24, 2.45) is 0 Å². The average molecular weight is 307 g/mol. The molecule has 94 valence electrons. The summed E-state index contributed by atoms with van der Waals surface area (Å²) in [6.45, 7) is 1.37. The summed E-state index contributed by atoms with van der Waals surface area (Å²) in [5.41, 5.74) is 0.355. The lowest BCUT2D eigenvalue weighted by molar-refractivity contribution is -0.0103. The van der Waals surface area contributed by atoms with Gasteiger partial charge in [-0.1, -0.05) is 6.92 Å². The molecule has 3 nitrogen and oxygen atoms in total. The van der Waals surface area contributed by atoms with Gasteiger partial charge in [0, 0.05) is 25.6 Å². The second-order valence-corrected chi connectivity index (χ2v) is 4.40. The molecule has 0 aliphatic carbocycles. The van der Waals surface area contributed by atoms with Gasteiger partial charge in [0.15, 0.2) is 0 Å². The number of amides is 1. The first-order valence-electron chi connectivity index (χ1n) is 5.22. The van der Waals surface area contributed by atoms with Gasteiger partial charge < -0.3 is 5.32 Å². The molecule has 0 aliphatic rings. The Morgan fingerprint density at radius 2 is 2.24 bits per heavy atom. The third-order valence-electron chi connectivity index (χ3n) is 2.28. The monoisotopic (exact) mass is 306 g/mol. The lowest BCUT2D eigenvalue weighted by atomic mass is 10.2. The smallest absolute Gasteiger partial charge is 0.252 e. The van der Waals surface area contributed by atoms with Gasteiger partial charge in [0.1, 0.15) is 4.60 Å². The topological polar surface area (TPSA) is 42.0 Å². The zero-order valence-electron chi connectivity index (χ0n) is 9.34. The molecule has 0 aliphatic heterocycles. The summed E-state index contributed by atoms with van der Waals surface area (Å²) in [6.07, 6.45) is 0.819. The minimum absolute atomic E-state index is 0.0459. The van der Waals surface area contributed by atoms with Gasteiger partial charge in [-0.3, -0.25) is 4.79 Å². The molecule has 0 atom stereocenters. The molecule has 0 unspecified atom stereocenters. The Hall–Kier alpha value is -1.04. The molecule has 1 aromatic heterocycles. The highest BCUT2D eigenvalue weighted by molar-refractivity contribution is 9.10. The van der Waals surface area contributed by atoms with E-state index in [4.69, 9.17) is 0 Å². The zero-order valence-corrected chi connectivity index (χ0v) is 10.9. The number of nitrogens with zero attached hydrogens (tertiary/aromatic N) is 1. The van der Waals surface area contributed by atoms with E-state index in [9.17, 15) is 13.6 Å². The third kappa shape index (κ3) is 4.77. The van der Waals surface area contributed by atoms with Crippen molar-refractivity contribution in [1.29, 1.82) is 0 Å². The lowest BCUT2D eigenvalue weighted by Crippen LogP contribution is -2.29. The van der Waals surface area contributed by atoms with Crippen LogP contribution in [0.3, 0.4) is 0 Å². The van der Waals surface area contributed by atoms with Crippen molar-refractivity contribution in [3.05, 3.63) is 28.5 Å². The number of halogens is 3. The molecule has 1 heterocycles. The van der Waals surface area contributed by atoms with Crippen LogP contribution in [0, 0.1) is 0 Å². The van der Waals surface area contributed by atoms with E-state index in [2.05, 4.69) is 26.2 Å². The summed E-state index contributed by atoms with van der Waals surface area (Å²) in [7, 11) is 0. The molecule has 17 heavy (non-hydrogen) atoms. The number of pyridine rings is 1. The molecule has 6 heteroatoms. The molecular formula is C11H13BrF2N2O. The first-order chi connectivity index (χ1) is 7.94. The van der Waals surface area contributed by atoms with E-state index in [0.29, 0.717) is 10.2 Å². The highest BCUT2D eigenvalue weighted by Gasteiger charge is 2.25. The summed E-state index contributed by atoms with van der Waals surface area (Å²) >= 11 is 3.14. The van der Waals surface area contributed by atoms with Crippen molar-refractivity contribution < 1.29 is 13.6 Å². The van der Waals surface area contributed by atoms with Gasteiger partial charge in [-0.15, -0.1) is 0 Å². The molecule has 1 N–H and O–H groups in total. The maximum Gasteiger partial charge on any atom is 0.252 e. The van der Waals surface area contributed by atoms with E-state index in [1.54, 1.807) is 12.1 Å². The first kappa shape index (κ1) is 14.0. The largest absolute Gasteiger partial charge is 0.352 e. The van der Waals surface area contributed by atoms with Crippen molar-refractivity contribution >= 4 is 21.8 Å². The van der Waals surface area contributed by atoms with Crippen LogP contribution in [0.2, 0.25) is 0 Å². The third-order valence-corrected chi connectivity index (χ3v) is 2.75. The van der Waals surface area contributed by atoms with Crippen molar-refractivity contribution in [1.82, 2.24) is 10.3 Å². The molecule has 0 spiro atoms. The standard InChI is InChI=1S/C11H13BrF2N2O/c1-2-11(13,14)5-6-15-10(17)8-3-4-9(12)16-7-8/h3-4,7H,2,5-6H2,1H3,(H,15,17). The Morgan fingerprint density at radius 3 is 2.76 bits per heavy atom. The Kier molecular flexibility index (Phi) is 4.99. The van der Waals surface area contributed by atoms with Crippen molar-refractivity contribution in [2.45, 2.75) is 25.7 Å². The Morgan fingerprint density at radius 1 is 1.53 bits per heavy atom. The van der Waals surface area contributed by atoms with Crippen LogP contribution in [0.5, 0.6) is 0 Å². The summed E-state index contributed by atoms with van der Waals surface area (Å²) < 4.78 is 26.4. The van der Waals surface area contributed by atoms with Crippen LogP contribution in [0.15, 0.2) is 22.9 Å². The van der Waals surface area contributed by atoms with Gasteiger partial charge in [0.05, 0.1) is 5.56 Å². The number of alkyl halides is 2. The molecule has 1 aromatic rings. The van der Waals surface area contributed by atoms with Crippen molar-refractivity contribution in [3.63, 3.8) is 0 Å². The van der Waals surface area contributed by atoms with Gasteiger partial charge in [-0.25, -0.2) is 13.8 Å². The molecule has 1 amide bonds. The van der Waals surface area contributed by atoms with Crippen LogP contribution in [-0.2, 0) is 0 Å². The maximum absolute atomic E-state index is 12.9. The van der Waals surface area contributed by atoms with Crippen LogP contribution in [0.1, 0.15) is 30.1 Å². The predicted molar refractivity (Wildman–Crippen MR) is 64.1 cm³/mol. The quantitative estimate of drug-likeness (QED) is 0.850. The number of carbonyl (C=O) groups excluding carboxylic acids is 1. The first-order valence-corrected chi connectivity index (χ1v) is 6.01. The van der Waals surface area contributed by atoms with Crippen LogP contribution in [0.4, 0.5) is 8.78 Å². The maximum atomic E-state index is 12.9. The van der Waals surface area contributed by atoms with Gasteiger partial charge >= 0.3 is 0 Å². The number of rotatable bonds is 5. The summed E-state index contributed by atoms with van der Waals surface area (Å²) in [5.74, 6) is -3.11. The molecule has 0 radical (unpaired) electrons. The van der Waals surface area contributed by atoms with E-state index < -0.39 is 11.8 Å². The fraction of sp³-hybridized carbons (Fsp3) is 0.455. The fourth-order valence-electron chi connectivity index (χ4n) is 1.15. The average Bonchev–Trinajstić information content (AvgIpc) is 2.29. The minimum atomic E-state index is -2.72. The van der Waals surface area contributed by atoms with E-state index in [1.165, 1.54) is 13.1 Å². The summed E-state index contributed by atoms with van der Waals surface area (Å²) in [5, 5.41) is 2.43. The second-order valence-electron chi connectivity index (χ2n) is 3.59. The Balaban J connectivity index is 2.43. The van der Waals surface area contributed by atoms with E-state index in [-0.39, 0.29) is 19.4 Å². The molecule has 0 saturated carbocycles. The molecule has 0 fully saturated rings. The minimum Gasteiger partial charge on any atom is -0.352 e. The Labute approximate surface area is 107 Å². The van der Waals surface area contributed by atoms with Gasteiger partial charge in [0.25, 0.3) is 5.91 Å². The predicted octanol–water partition coefficient (Wildman–Crippen LogP) is 3.01. The van der Waals surface area contributed by atoms with Gasteiger partial charge in [-0.2, -0.15) is 0 Å². The SMILES string of the molecule is CCC(F)(F)CCNC(=O)c1ccc(Br)nc1. The molecule has 0 bridgehead atoms. The number of nitrogens with one attached hydrogen (secondary N) is 1. The normalized spacial score (nSPS) is 11.3. The molecule has 1 rings (SSSR count). The highest BCUT2D eigenvalue weighted by Crippen LogP contribution is 2.21. The summed E-state index contributed by atoms with van der Waals surface area (Å²) in [4.78, 5) is 15.4. The molecular weight excluding hydrogens is 294 g/mol. The van der Waals surface area contributed by atoms with Crippen molar-refractivity contribution in [2.75, 3.05) is 6.54 Å². The van der Waals surface area contributed by atoms with Crippen LogP contribution in [0.25, 0.3) is 0 Å². The molecule has 0 saturated heterocycles. The van der Waals surface area contributed by atoms with Gasteiger partial charge in [-0.05, 0) is 28.1 Å². The van der Waals surface area contributed by atoms with Gasteiger partial charge in [0.2, 0.25) is 5.92 Å². The lowest BCUT2D eigenvalue weighted by Gasteiger charge is -2.13. The van der Waals surface area contributed by atoms with E-state index >= 15 is 0 Å².